The fourth-order valence-electron chi connectivity index (χ4n) is 7.47. The number of hydrogen-bond acceptors (Lipinski definition) is 10. The number of aromatic nitrogens is 5. The molecule has 2 aliphatic heterocycles. The number of β-amino-alcohol motifs (C(OH)–C–C–N with tert-alkyl or cyclic N) is 1. The van der Waals surface area contributed by atoms with E-state index < -0.39 is 22.8 Å². The second-order valence-corrected chi connectivity index (χ2v) is 14.6. The zero-order chi connectivity index (χ0) is 36.7. The zero-order valence-electron chi connectivity index (χ0n) is 28.7. The molecule has 0 aliphatic carbocycles. The molecular weight excluding hydrogens is 701 g/mol. The van der Waals surface area contributed by atoms with E-state index in [1.165, 1.54) is 44.9 Å². The molecule has 53 heavy (non-hydrogen) atoms. The van der Waals surface area contributed by atoms with Crippen LogP contribution in [0.3, 0.4) is 0 Å². The maximum Gasteiger partial charge on any atom is 0.298 e. The molecule has 5 heterocycles. The largest absolute Gasteiger partial charge is 0.382 e. The van der Waals surface area contributed by atoms with Gasteiger partial charge in [-0.15, -0.1) is 11.3 Å². The number of hydrogen-bond donors (Lipinski definition) is 3. The first-order valence-corrected chi connectivity index (χ1v) is 18.3. The number of fused-ring (bicyclic) bond motifs is 2. The summed E-state index contributed by atoms with van der Waals surface area (Å²) in [5.74, 6) is -2.03. The summed E-state index contributed by atoms with van der Waals surface area (Å²) in [5, 5.41) is 19.0. The molecule has 0 radical (unpaired) electrons. The van der Waals surface area contributed by atoms with Crippen LogP contribution in [0.4, 0.5) is 26.0 Å². The SMILES string of the molecule is Nc1nc2sc(C(=O)NC3CCN(CC(O)(Cn4cncn4)c4ccc(F)cc4F)CC3)cc2n(-c2ccc3c(c2)N(c2ccccc2)CCC3)c1=O. The predicted molar refractivity (Wildman–Crippen MR) is 199 cm³/mol. The van der Waals surface area contributed by atoms with Gasteiger partial charge in [-0.2, -0.15) is 5.10 Å². The molecule has 12 nitrogen and oxygen atoms in total. The number of aryl methyl sites for hydroxylation is 1. The smallest absolute Gasteiger partial charge is 0.298 e. The zero-order valence-corrected chi connectivity index (χ0v) is 29.5. The summed E-state index contributed by atoms with van der Waals surface area (Å²) in [6, 6.07) is 20.8. The lowest BCUT2D eigenvalue weighted by Crippen LogP contribution is -2.50. The summed E-state index contributed by atoms with van der Waals surface area (Å²) >= 11 is 1.17. The first kappa shape index (κ1) is 34.6. The number of nitrogens with two attached hydrogens (primary N) is 1. The van der Waals surface area contributed by atoms with Crippen molar-refractivity contribution in [2.75, 3.05) is 36.8 Å². The molecule has 2 aliphatic rings. The highest BCUT2D eigenvalue weighted by Gasteiger charge is 2.37. The minimum Gasteiger partial charge on any atom is -0.382 e. The number of carbonyl (C=O) groups excluding carboxylic acids is 1. The van der Waals surface area contributed by atoms with Crippen LogP contribution in [-0.4, -0.2) is 72.5 Å². The van der Waals surface area contributed by atoms with Gasteiger partial charge in [0.15, 0.2) is 5.82 Å². The molecule has 1 unspecified atom stereocenters. The average molecular weight is 738 g/mol. The molecule has 1 atom stereocenters. The number of nitrogens with one attached hydrogen (secondary N) is 1. The van der Waals surface area contributed by atoms with Gasteiger partial charge in [0.1, 0.15) is 34.7 Å². The van der Waals surface area contributed by atoms with Crippen molar-refractivity contribution in [3.8, 4) is 5.69 Å². The summed E-state index contributed by atoms with van der Waals surface area (Å²) in [6.45, 7) is 1.84. The monoisotopic (exact) mass is 737 g/mol. The molecule has 3 aromatic heterocycles. The molecule has 1 saturated heterocycles. The van der Waals surface area contributed by atoms with Gasteiger partial charge in [-0.25, -0.2) is 23.4 Å². The first-order valence-electron chi connectivity index (χ1n) is 17.5. The Morgan fingerprint density at radius 2 is 1.81 bits per heavy atom. The van der Waals surface area contributed by atoms with Gasteiger partial charge in [-0.1, -0.05) is 30.3 Å². The van der Waals surface area contributed by atoms with Crippen molar-refractivity contribution in [2.24, 2.45) is 0 Å². The topological polar surface area (TPSA) is 147 Å². The Balaban J connectivity index is 0.993. The van der Waals surface area contributed by atoms with E-state index in [-0.39, 0.29) is 36.4 Å². The number of anilines is 3. The third-order valence-corrected chi connectivity index (χ3v) is 11.1. The molecule has 1 amide bonds. The Morgan fingerprint density at radius 1 is 1.00 bits per heavy atom. The second kappa shape index (κ2) is 14.1. The van der Waals surface area contributed by atoms with Crippen molar-refractivity contribution in [1.82, 2.24) is 34.5 Å². The highest BCUT2D eigenvalue weighted by molar-refractivity contribution is 7.20. The molecule has 0 spiro atoms. The summed E-state index contributed by atoms with van der Waals surface area (Å²) in [5.41, 5.74) is 8.35. The summed E-state index contributed by atoms with van der Waals surface area (Å²) in [7, 11) is 0. The van der Waals surface area contributed by atoms with Crippen molar-refractivity contribution in [1.29, 1.82) is 0 Å². The van der Waals surface area contributed by atoms with E-state index in [9.17, 15) is 23.5 Å². The van der Waals surface area contributed by atoms with E-state index in [2.05, 4.69) is 37.4 Å². The number of piperidine rings is 1. The molecular formula is C38H37F2N9O3S. The minimum atomic E-state index is -1.72. The van der Waals surface area contributed by atoms with E-state index >= 15 is 0 Å². The normalized spacial score (nSPS) is 16.4. The fourth-order valence-corrected chi connectivity index (χ4v) is 8.40. The number of likely N-dealkylation sites (tertiary alicyclic amines) is 1. The average Bonchev–Trinajstić information content (AvgIpc) is 3.83. The number of nitrogens with zero attached hydrogens (tertiary/aromatic N) is 7. The summed E-state index contributed by atoms with van der Waals surface area (Å²) in [6.07, 6.45) is 5.84. The number of carbonyl (C=O) groups is 1. The molecule has 15 heteroatoms. The Morgan fingerprint density at radius 3 is 2.57 bits per heavy atom. The lowest BCUT2D eigenvalue weighted by Gasteiger charge is -2.38. The lowest BCUT2D eigenvalue weighted by atomic mass is 9.91. The predicted octanol–water partition coefficient (Wildman–Crippen LogP) is 4.77. The van der Waals surface area contributed by atoms with Crippen LogP contribution in [0.2, 0.25) is 0 Å². The lowest BCUT2D eigenvalue weighted by molar-refractivity contribution is -0.0271. The van der Waals surface area contributed by atoms with E-state index in [4.69, 9.17) is 5.73 Å². The Hall–Kier alpha value is -5.51. The second-order valence-electron chi connectivity index (χ2n) is 13.6. The van der Waals surface area contributed by atoms with E-state index in [0.717, 1.165) is 42.9 Å². The molecule has 0 saturated carbocycles. The molecule has 6 aromatic rings. The van der Waals surface area contributed by atoms with Gasteiger partial charge < -0.3 is 21.1 Å². The number of aliphatic hydroxyl groups is 1. The van der Waals surface area contributed by atoms with E-state index in [0.29, 0.717) is 46.8 Å². The quantitative estimate of drug-likeness (QED) is 0.191. The Labute approximate surface area is 307 Å². The number of thiophene rings is 1. The molecule has 4 N–H and O–H groups in total. The van der Waals surface area contributed by atoms with E-state index in [1.54, 1.807) is 6.07 Å². The van der Waals surface area contributed by atoms with Crippen molar-refractivity contribution < 1.29 is 18.7 Å². The van der Waals surface area contributed by atoms with Gasteiger partial charge >= 0.3 is 0 Å². The van der Waals surface area contributed by atoms with Crippen LogP contribution in [-0.2, 0) is 18.6 Å². The van der Waals surface area contributed by atoms with Crippen LogP contribution >= 0.6 is 11.3 Å². The molecule has 3 aromatic carbocycles. The van der Waals surface area contributed by atoms with Crippen LogP contribution < -0.4 is 21.5 Å². The van der Waals surface area contributed by atoms with Crippen LogP contribution in [0.1, 0.15) is 40.1 Å². The highest BCUT2D eigenvalue weighted by Crippen LogP contribution is 2.36. The van der Waals surface area contributed by atoms with Crippen LogP contribution in [0.25, 0.3) is 16.0 Å². The third-order valence-electron chi connectivity index (χ3n) is 10.0. The van der Waals surface area contributed by atoms with Gasteiger partial charge in [0.25, 0.3) is 11.5 Å². The number of rotatable bonds is 9. The Bertz CT molecular complexity index is 2340. The number of para-hydroxylation sites is 1. The standard InChI is InChI=1S/C38H37F2N9O3S/c39-25-9-11-29(30(40)17-25)38(52,21-47-23-42-22-43-47)20-46-15-12-26(13-16-46)44-35(50)33-19-32-36(53-33)45-34(41)37(51)49(32)28-10-8-24-5-4-14-48(31(24)18-28)27-6-2-1-3-7-27/h1-3,6-11,17-19,22-23,26,52H,4-5,12-16,20-21H2,(H2,41,45)(H,44,50). The van der Waals surface area contributed by atoms with Crippen LogP contribution in [0, 0.1) is 11.6 Å². The van der Waals surface area contributed by atoms with Gasteiger partial charge in [-0.05, 0) is 67.6 Å². The minimum absolute atomic E-state index is 0.0359. The number of benzene rings is 3. The summed E-state index contributed by atoms with van der Waals surface area (Å²) < 4.78 is 31.6. The fraction of sp³-hybridized carbons (Fsp3) is 0.289. The maximum atomic E-state index is 14.9. The summed E-state index contributed by atoms with van der Waals surface area (Å²) in [4.78, 5) is 40.6. The van der Waals surface area contributed by atoms with Crippen molar-refractivity contribution >= 4 is 44.8 Å². The molecule has 272 valence electrons. The van der Waals surface area contributed by atoms with Gasteiger partial charge in [0, 0.05) is 55.2 Å². The van der Waals surface area contributed by atoms with Crippen molar-refractivity contribution in [3.63, 3.8) is 0 Å². The van der Waals surface area contributed by atoms with Crippen LogP contribution in [0.15, 0.2) is 90.2 Å². The molecule has 1 fully saturated rings. The van der Waals surface area contributed by atoms with Crippen molar-refractivity contribution in [2.45, 2.75) is 43.9 Å². The third kappa shape index (κ3) is 6.90. The van der Waals surface area contributed by atoms with Gasteiger partial charge in [0.2, 0.25) is 0 Å². The number of halogens is 2. The van der Waals surface area contributed by atoms with Gasteiger partial charge in [-0.3, -0.25) is 19.1 Å². The van der Waals surface area contributed by atoms with Gasteiger partial charge in [0.05, 0.1) is 22.6 Å². The number of amides is 1. The van der Waals surface area contributed by atoms with E-state index in [1.807, 2.05) is 41.3 Å². The first-order chi connectivity index (χ1) is 25.6. The molecule has 0 bridgehead atoms. The number of nitrogen functional groups attached to an aromatic ring is 1. The van der Waals surface area contributed by atoms with Crippen molar-refractivity contribution in [3.05, 3.63) is 123 Å². The highest BCUT2D eigenvalue weighted by atomic mass is 32.1. The Kier molecular flexibility index (Phi) is 9.22. The maximum absolute atomic E-state index is 14.9. The van der Waals surface area contributed by atoms with Crippen LogP contribution in [0.5, 0.6) is 0 Å². The molecule has 8 rings (SSSR count).